The molecule has 2 aromatic carbocycles. The van der Waals surface area contributed by atoms with Crippen LogP contribution in [0, 0.1) is 5.82 Å². The standard InChI is InChI=1S/C34H38FN7O2/c1-2-22-8-3-9-23-10-4-11-24(26(22)23)28-27(35)29-25(18-36-28)30(41-15-5-12-33(20-41)19-37-31(43)40-33)39-32(38-29)44-21-34-13-6-16-42(34)17-7-14-34/h3-4,8-11,18H,2,5-7,12-17,19-21H2,1H3,(H2,37,40,43). The predicted octanol–water partition coefficient (Wildman–Crippen LogP) is 5.21. The van der Waals surface area contributed by atoms with Crippen molar-refractivity contribution in [1.82, 2.24) is 30.5 Å². The Morgan fingerprint density at radius 3 is 2.59 bits per heavy atom. The molecule has 0 aliphatic carbocycles. The SMILES string of the molecule is CCc1cccc2cccc(-c3ncc4c(N5CCCC6(CNC(=O)N6)C5)nc(OCC56CCCN5CCC6)nc4c3F)c12. The maximum Gasteiger partial charge on any atom is 0.319 e. The second-order valence-corrected chi connectivity index (χ2v) is 13.0. The molecule has 4 aromatic rings. The quantitative estimate of drug-likeness (QED) is 0.316. The Morgan fingerprint density at radius 1 is 1.02 bits per heavy atom. The number of amides is 2. The third kappa shape index (κ3) is 4.45. The molecule has 2 aromatic heterocycles. The number of hydrogen-bond acceptors (Lipinski definition) is 7. The van der Waals surface area contributed by atoms with E-state index in [4.69, 9.17) is 19.7 Å². The minimum atomic E-state index is -0.474. The van der Waals surface area contributed by atoms with Crippen molar-refractivity contribution in [1.29, 1.82) is 0 Å². The van der Waals surface area contributed by atoms with Crippen LogP contribution in [0.25, 0.3) is 32.9 Å². The first-order chi connectivity index (χ1) is 21.5. The summed E-state index contributed by atoms with van der Waals surface area (Å²) in [4.78, 5) is 31.2. The van der Waals surface area contributed by atoms with Crippen LogP contribution >= 0.6 is 0 Å². The molecule has 0 saturated carbocycles. The van der Waals surface area contributed by atoms with Crippen molar-refractivity contribution in [2.75, 3.05) is 44.2 Å². The summed E-state index contributed by atoms with van der Waals surface area (Å²) in [6.45, 7) is 6.63. The van der Waals surface area contributed by atoms with Crippen molar-refractivity contribution in [3.05, 3.63) is 54.0 Å². The molecular weight excluding hydrogens is 557 g/mol. The van der Waals surface area contributed by atoms with E-state index in [1.54, 1.807) is 6.20 Å². The highest BCUT2D eigenvalue weighted by atomic mass is 19.1. The number of fused-ring (bicyclic) bond motifs is 3. The third-order valence-corrected chi connectivity index (χ3v) is 10.4. The van der Waals surface area contributed by atoms with E-state index < -0.39 is 11.4 Å². The lowest BCUT2D eigenvalue weighted by Crippen LogP contribution is -2.56. The lowest BCUT2D eigenvalue weighted by atomic mass is 9.90. The molecule has 4 saturated heterocycles. The number of halogens is 1. The fourth-order valence-corrected chi connectivity index (χ4v) is 8.22. The molecule has 4 fully saturated rings. The summed E-state index contributed by atoms with van der Waals surface area (Å²) in [5.74, 6) is 0.126. The molecule has 1 atom stereocenters. The normalized spacial score (nSPS) is 23.0. The van der Waals surface area contributed by atoms with Crippen molar-refractivity contribution in [2.24, 2.45) is 0 Å². The van der Waals surface area contributed by atoms with Gasteiger partial charge in [-0.3, -0.25) is 9.88 Å². The van der Waals surface area contributed by atoms with Gasteiger partial charge in [-0.25, -0.2) is 9.18 Å². The van der Waals surface area contributed by atoms with Gasteiger partial charge in [-0.15, -0.1) is 0 Å². The van der Waals surface area contributed by atoms with Crippen LogP contribution in [0.3, 0.4) is 0 Å². The number of aryl methyl sites for hydroxylation is 1. The number of benzene rings is 2. The zero-order valence-corrected chi connectivity index (χ0v) is 25.2. The first-order valence-corrected chi connectivity index (χ1v) is 16.0. The minimum Gasteiger partial charge on any atom is -0.461 e. The molecule has 0 radical (unpaired) electrons. The molecule has 1 spiro atoms. The number of piperidine rings is 1. The van der Waals surface area contributed by atoms with Crippen molar-refractivity contribution in [3.63, 3.8) is 0 Å². The van der Waals surface area contributed by atoms with Crippen molar-refractivity contribution in [3.8, 4) is 17.3 Å². The maximum absolute atomic E-state index is 16.8. The summed E-state index contributed by atoms with van der Waals surface area (Å²) >= 11 is 0. The highest BCUT2D eigenvalue weighted by Gasteiger charge is 2.45. The number of carbonyl (C=O) groups excluding carboxylic acids is 1. The zero-order chi connectivity index (χ0) is 29.9. The number of nitrogens with zero attached hydrogens (tertiary/aromatic N) is 5. The molecule has 228 valence electrons. The van der Waals surface area contributed by atoms with E-state index in [0.717, 1.165) is 86.5 Å². The number of anilines is 1. The number of urea groups is 1. The molecule has 8 rings (SSSR count). The number of ether oxygens (including phenoxy) is 1. The van der Waals surface area contributed by atoms with Crippen LogP contribution < -0.4 is 20.3 Å². The first kappa shape index (κ1) is 27.5. The van der Waals surface area contributed by atoms with Crippen LogP contribution in [-0.4, -0.2) is 76.3 Å². The van der Waals surface area contributed by atoms with Crippen LogP contribution in [0.2, 0.25) is 0 Å². The molecule has 4 aliphatic rings. The van der Waals surface area contributed by atoms with E-state index in [1.165, 1.54) is 0 Å². The van der Waals surface area contributed by atoms with E-state index in [-0.39, 0.29) is 28.8 Å². The largest absolute Gasteiger partial charge is 0.461 e. The van der Waals surface area contributed by atoms with Crippen LogP contribution in [0.4, 0.5) is 15.0 Å². The zero-order valence-electron chi connectivity index (χ0n) is 25.2. The molecule has 2 amide bonds. The van der Waals surface area contributed by atoms with Gasteiger partial charge in [0, 0.05) is 31.4 Å². The molecule has 44 heavy (non-hydrogen) atoms. The Kier molecular flexibility index (Phi) is 6.59. The minimum absolute atomic E-state index is 0.00885. The number of carbonyl (C=O) groups is 1. The summed E-state index contributed by atoms with van der Waals surface area (Å²) in [6, 6.07) is 12.2. The van der Waals surface area contributed by atoms with E-state index >= 15 is 4.39 Å². The topological polar surface area (TPSA) is 95.5 Å². The molecule has 9 nitrogen and oxygen atoms in total. The smallest absolute Gasteiger partial charge is 0.319 e. The number of aromatic nitrogens is 3. The van der Waals surface area contributed by atoms with Gasteiger partial charge in [0.05, 0.1) is 16.5 Å². The average Bonchev–Trinajstić information content (AvgIpc) is 3.73. The second kappa shape index (κ2) is 10.5. The molecule has 0 bridgehead atoms. The Morgan fingerprint density at radius 2 is 1.82 bits per heavy atom. The second-order valence-electron chi connectivity index (χ2n) is 13.0. The monoisotopic (exact) mass is 595 g/mol. The van der Waals surface area contributed by atoms with Crippen LogP contribution in [-0.2, 0) is 6.42 Å². The highest BCUT2D eigenvalue weighted by Crippen LogP contribution is 2.40. The predicted molar refractivity (Wildman–Crippen MR) is 169 cm³/mol. The molecule has 10 heteroatoms. The Bertz CT molecular complexity index is 1760. The van der Waals surface area contributed by atoms with Gasteiger partial charge in [0.1, 0.15) is 23.6 Å². The summed E-state index contributed by atoms with van der Waals surface area (Å²) in [5, 5.41) is 8.66. The number of hydrogen-bond donors (Lipinski definition) is 2. The average molecular weight is 596 g/mol. The van der Waals surface area contributed by atoms with E-state index in [1.807, 2.05) is 18.2 Å². The fourth-order valence-electron chi connectivity index (χ4n) is 8.22. The summed E-state index contributed by atoms with van der Waals surface area (Å²) in [5.41, 5.74) is 2.00. The number of nitrogens with one attached hydrogen (secondary N) is 2. The van der Waals surface area contributed by atoms with Gasteiger partial charge in [-0.2, -0.15) is 9.97 Å². The van der Waals surface area contributed by atoms with Crippen LogP contribution in [0.5, 0.6) is 6.01 Å². The van der Waals surface area contributed by atoms with Crippen molar-refractivity contribution < 1.29 is 13.9 Å². The molecular formula is C34H38FN7O2. The van der Waals surface area contributed by atoms with E-state index in [9.17, 15) is 4.79 Å². The lowest BCUT2D eigenvalue weighted by Gasteiger charge is -2.40. The summed E-state index contributed by atoms with van der Waals surface area (Å²) < 4.78 is 23.3. The van der Waals surface area contributed by atoms with Gasteiger partial charge in [0.2, 0.25) is 0 Å². The van der Waals surface area contributed by atoms with Crippen molar-refractivity contribution in [2.45, 2.75) is 62.9 Å². The van der Waals surface area contributed by atoms with Crippen molar-refractivity contribution >= 4 is 33.5 Å². The Hall–Kier alpha value is -4.05. The molecule has 2 N–H and O–H groups in total. The molecule has 4 aliphatic heterocycles. The van der Waals surface area contributed by atoms with Crippen LogP contribution in [0.1, 0.15) is 51.0 Å². The third-order valence-electron chi connectivity index (χ3n) is 10.4. The maximum atomic E-state index is 16.8. The number of pyridine rings is 1. The van der Waals surface area contributed by atoms with Gasteiger partial charge in [0.25, 0.3) is 0 Å². The Balaban J connectivity index is 1.25. The Labute approximate surface area is 256 Å². The summed E-state index contributed by atoms with van der Waals surface area (Å²) in [7, 11) is 0. The fraction of sp³-hybridized carbons (Fsp3) is 0.471. The van der Waals surface area contributed by atoms with Gasteiger partial charge in [0.15, 0.2) is 5.82 Å². The highest BCUT2D eigenvalue weighted by molar-refractivity contribution is 6.00. The summed E-state index contributed by atoms with van der Waals surface area (Å²) in [6.07, 6.45) is 8.79. The van der Waals surface area contributed by atoms with Crippen LogP contribution in [0.15, 0.2) is 42.6 Å². The van der Waals surface area contributed by atoms with E-state index in [0.29, 0.717) is 30.9 Å². The van der Waals surface area contributed by atoms with Gasteiger partial charge in [-0.05, 0) is 74.4 Å². The molecule has 1 unspecified atom stereocenters. The van der Waals surface area contributed by atoms with Gasteiger partial charge >= 0.3 is 12.0 Å². The van der Waals surface area contributed by atoms with E-state index in [2.05, 4.69) is 45.6 Å². The lowest BCUT2D eigenvalue weighted by molar-refractivity contribution is 0.108. The molecule has 6 heterocycles. The van der Waals surface area contributed by atoms with Gasteiger partial charge in [-0.1, -0.05) is 43.3 Å². The first-order valence-electron chi connectivity index (χ1n) is 16.0. The van der Waals surface area contributed by atoms with Gasteiger partial charge < -0.3 is 20.3 Å². The number of rotatable bonds is 6.